The van der Waals surface area contributed by atoms with Gasteiger partial charge in [0.05, 0.1) is 0 Å². The van der Waals surface area contributed by atoms with E-state index in [0.29, 0.717) is 17.1 Å². The number of phenolic OH excluding ortho intramolecular Hbond substituents is 1. The number of fused-ring (bicyclic) bond motifs is 7. The molecule has 0 unspecified atom stereocenters. The summed E-state index contributed by atoms with van der Waals surface area (Å²) in [6, 6.07) is 91.0. The molecule has 0 radical (unpaired) electrons. The molecule has 0 spiro atoms. The summed E-state index contributed by atoms with van der Waals surface area (Å²) in [5.74, 6) is 2.61. The van der Waals surface area contributed by atoms with Crippen LogP contribution in [0.3, 0.4) is 0 Å². The molecule has 2 aliphatic rings. The second-order valence-electron chi connectivity index (χ2n) is 21.8. The summed E-state index contributed by atoms with van der Waals surface area (Å²) in [6.45, 7) is -0.124. The molecule has 0 fully saturated rings. The molecule has 2 heterocycles. The van der Waals surface area contributed by atoms with Crippen LogP contribution in [0.4, 0.5) is 0 Å². The summed E-state index contributed by atoms with van der Waals surface area (Å²) in [5.41, 5.74) is 14.7. The van der Waals surface area contributed by atoms with Crippen LogP contribution in [0.2, 0.25) is 0 Å². The van der Waals surface area contributed by atoms with Crippen LogP contribution in [0.15, 0.2) is 301 Å². The number of aromatic hydroxyl groups is 1. The van der Waals surface area contributed by atoms with Gasteiger partial charge in [-0.3, -0.25) is 0 Å². The number of hydrogen-bond donors (Lipinski definition) is 2. The number of nitrogens with two attached hydrogens (primary N) is 1. The van der Waals surface area contributed by atoms with Crippen molar-refractivity contribution >= 4 is 62.6 Å². The van der Waals surface area contributed by atoms with Crippen molar-refractivity contribution in [2.75, 3.05) is 6.73 Å². The fourth-order valence-electron chi connectivity index (χ4n) is 12.0. The monoisotopic (exact) mass is 1150 g/mol. The van der Waals surface area contributed by atoms with Gasteiger partial charge in [0.15, 0.2) is 17.9 Å². The van der Waals surface area contributed by atoms with Crippen LogP contribution in [0.1, 0.15) is 61.6 Å². The van der Waals surface area contributed by atoms with Gasteiger partial charge in [0, 0.05) is 44.9 Å². The molecule has 12 aromatic carbocycles. The highest BCUT2D eigenvalue weighted by Crippen LogP contribution is 2.47. The second kappa shape index (κ2) is 23.9. The Kier molecular flexibility index (Phi) is 14.8. The van der Waals surface area contributed by atoms with E-state index >= 15 is 0 Å². The van der Waals surface area contributed by atoms with E-state index in [0.717, 1.165) is 93.9 Å². The average molecular weight is 1150 g/mol. The smallest absolute Gasteiger partial charge is 0.319 e. The van der Waals surface area contributed by atoms with Gasteiger partial charge in [-0.25, -0.2) is 0 Å². The third-order valence-corrected chi connectivity index (χ3v) is 16.4. The first kappa shape index (κ1) is 54.5. The zero-order valence-electron chi connectivity index (χ0n) is 47.9. The van der Waals surface area contributed by atoms with Crippen LogP contribution < -0.4 is 24.7 Å². The molecule has 0 bridgehead atoms. The van der Waals surface area contributed by atoms with Gasteiger partial charge in [0.2, 0.25) is 0 Å². The van der Waals surface area contributed by atoms with Crippen molar-refractivity contribution in [2.45, 2.75) is 23.7 Å². The molecule has 0 aromatic heterocycles. The normalized spacial score (nSPS) is 14.1. The van der Waals surface area contributed by atoms with Crippen LogP contribution in [-0.4, -0.2) is 23.9 Å². The first-order chi connectivity index (χ1) is 43.4. The summed E-state index contributed by atoms with van der Waals surface area (Å²) in [5, 5.41) is 17.1. The zero-order chi connectivity index (χ0) is 59.3. The van der Waals surface area contributed by atoms with E-state index < -0.39 is 11.2 Å². The summed E-state index contributed by atoms with van der Waals surface area (Å²) >= 11 is 0. The fraction of sp³-hybridized carbons (Fsp3) is 0.0633. The molecule has 3 N–H and O–H groups in total. The van der Waals surface area contributed by atoms with E-state index in [4.69, 9.17) is 34.4 Å². The van der Waals surface area contributed by atoms with E-state index in [1.54, 1.807) is 6.07 Å². The maximum Gasteiger partial charge on any atom is 0.319 e. The third-order valence-electron chi connectivity index (χ3n) is 16.4. The van der Waals surface area contributed by atoms with Gasteiger partial charge >= 0.3 is 6.02 Å². The number of aliphatic imine (C=N–C) groups is 2. The van der Waals surface area contributed by atoms with Crippen LogP contribution in [-0.2, 0) is 22.5 Å². The van der Waals surface area contributed by atoms with Gasteiger partial charge in [-0.2, -0.15) is 4.99 Å². The highest BCUT2D eigenvalue weighted by molar-refractivity contribution is 5.98. The largest absolute Gasteiger partial charge is 0.507 e. The lowest BCUT2D eigenvalue weighted by atomic mass is 9.83. The minimum absolute atomic E-state index is 0.0464. The Morgan fingerprint density at radius 1 is 0.489 bits per heavy atom. The maximum absolute atomic E-state index is 11.5. The standard InChI is InChI=1S/C79H59N3O6/c80-76(86-65-39-34-59-37-44-75-69(72(59)51-65)46-48-79(88-75,62-27-15-5-16-28-62)63-29-17-6-18-30-63)82-77(84-52-54-31-32-57-35-42-73(83)67(70(57)49-54)41-40-66(55-19-7-1-8-20-55)56-21-9-2-10-22-56)81-53-85-64-38-33-58-36-43-74-68(71(58)50-64)45-47-78(87-74,60-23-11-3-12-24-60)61-25-13-4-14-26-61/h1-51,66,83H,52-53H2,(H2,80,81,82)/b41-40-. The van der Waals surface area contributed by atoms with Gasteiger partial charge in [0.1, 0.15) is 35.4 Å². The lowest BCUT2D eigenvalue weighted by Crippen LogP contribution is -2.34. The van der Waals surface area contributed by atoms with Gasteiger partial charge in [0.25, 0.3) is 6.02 Å². The molecule has 0 amide bonds. The van der Waals surface area contributed by atoms with Crippen LogP contribution in [0, 0.1) is 0 Å². The number of phenols is 1. The van der Waals surface area contributed by atoms with Crippen LogP contribution >= 0.6 is 0 Å². The molecular formula is C79H59N3O6. The van der Waals surface area contributed by atoms with Crippen molar-refractivity contribution < 1.29 is 28.8 Å². The quantitative estimate of drug-likeness (QED) is 0.0823. The van der Waals surface area contributed by atoms with E-state index in [2.05, 4.69) is 114 Å². The Bertz CT molecular complexity index is 4550. The third kappa shape index (κ3) is 10.9. The van der Waals surface area contributed by atoms with E-state index in [1.165, 1.54) is 0 Å². The summed E-state index contributed by atoms with van der Waals surface area (Å²) in [4.78, 5) is 9.40. The van der Waals surface area contributed by atoms with Crippen molar-refractivity contribution in [3.63, 3.8) is 0 Å². The molecule has 0 saturated carbocycles. The SMILES string of the molecule is N/C(=N\C(=N/COc1ccc2ccc3c(c2c1)C=CC(c1ccccc1)(c1ccccc1)O3)OCc1ccc2ccc(O)c(/C=C\C(c3ccccc3)c3ccccc3)c2c1)Oc1ccc2ccc3c(c2c1)C=CC(c1ccccc1)(c1ccccc1)O3. The number of allylic oxidation sites excluding steroid dienone is 1. The van der Waals surface area contributed by atoms with Gasteiger partial charge in [-0.05, 0) is 122 Å². The summed E-state index contributed by atoms with van der Waals surface area (Å²) < 4.78 is 33.3. The van der Waals surface area contributed by atoms with Crippen molar-refractivity contribution in [3.8, 4) is 28.7 Å². The predicted octanol–water partition coefficient (Wildman–Crippen LogP) is 17.7. The van der Waals surface area contributed by atoms with Gasteiger partial charge in [-0.15, -0.1) is 4.99 Å². The Morgan fingerprint density at radius 3 is 1.45 bits per heavy atom. The molecule has 0 saturated heterocycles. The Morgan fingerprint density at radius 2 is 0.932 bits per heavy atom. The highest BCUT2D eigenvalue weighted by Gasteiger charge is 2.39. The topological polar surface area (TPSA) is 117 Å². The molecule has 12 aromatic rings. The number of hydrogen-bond acceptors (Lipinski definition) is 7. The predicted molar refractivity (Wildman–Crippen MR) is 354 cm³/mol. The molecule has 9 nitrogen and oxygen atoms in total. The second-order valence-corrected chi connectivity index (χ2v) is 21.8. The van der Waals surface area contributed by atoms with Crippen molar-refractivity contribution in [3.05, 3.63) is 347 Å². The first-order valence-corrected chi connectivity index (χ1v) is 29.3. The maximum atomic E-state index is 11.5. The molecular weight excluding hydrogens is 1090 g/mol. The van der Waals surface area contributed by atoms with Crippen LogP contribution in [0.25, 0.3) is 50.5 Å². The lowest BCUT2D eigenvalue weighted by Gasteiger charge is -2.36. The molecule has 9 heteroatoms. The van der Waals surface area contributed by atoms with Crippen molar-refractivity contribution in [1.29, 1.82) is 0 Å². The lowest BCUT2D eigenvalue weighted by molar-refractivity contribution is 0.161. The van der Waals surface area contributed by atoms with E-state index in [1.807, 2.05) is 194 Å². The Balaban J connectivity index is 0.769. The molecule has 88 heavy (non-hydrogen) atoms. The fourth-order valence-corrected chi connectivity index (χ4v) is 12.0. The zero-order valence-corrected chi connectivity index (χ0v) is 47.9. The Labute approximate surface area is 510 Å². The van der Waals surface area contributed by atoms with Gasteiger partial charge < -0.3 is 34.5 Å². The highest BCUT2D eigenvalue weighted by atomic mass is 16.5. The minimum Gasteiger partial charge on any atom is -0.507 e. The summed E-state index contributed by atoms with van der Waals surface area (Å²) in [6.07, 6.45) is 12.7. The molecule has 0 aliphatic carbocycles. The number of ether oxygens (including phenoxy) is 5. The van der Waals surface area contributed by atoms with E-state index in [-0.39, 0.29) is 37.0 Å². The Hall–Kier alpha value is -11.4. The van der Waals surface area contributed by atoms with Crippen LogP contribution in [0.5, 0.6) is 28.7 Å². The van der Waals surface area contributed by atoms with E-state index in [9.17, 15) is 5.11 Å². The van der Waals surface area contributed by atoms with Crippen molar-refractivity contribution in [1.82, 2.24) is 0 Å². The number of amidine groups is 2. The number of benzene rings is 12. The average Bonchev–Trinajstić information content (AvgIpc) is 1.07. The summed E-state index contributed by atoms with van der Waals surface area (Å²) in [7, 11) is 0. The molecule has 2 aliphatic heterocycles. The number of nitrogens with zero attached hydrogens (tertiary/aromatic N) is 2. The van der Waals surface area contributed by atoms with Crippen molar-refractivity contribution in [2.24, 2.45) is 15.7 Å². The number of rotatable bonds is 14. The molecule has 426 valence electrons. The minimum atomic E-state index is -0.837. The first-order valence-electron chi connectivity index (χ1n) is 29.3. The molecule has 14 rings (SSSR count). The van der Waals surface area contributed by atoms with Gasteiger partial charge in [-0.1, -0.05) is 237 Å². The molecule has 0 atom stereocenters.